The number of carbonyl (C=O) groups is 2. The number of nitrogens with one attached hydrogen (secondary N) is 4. The summed E-state index contributed by atoms with van der Waals surface area (Å²) in [7, 11) is 0. The van der Waals surface area contributed by atoms with Crippen LogP contribution in [0, 0.1) is 5.41 Å². The first kappa shape index (κ1) is 21.5. The van der Waals surface area contributed by atoms with Crippen molar-refractivity contribution in [2.45, 2.75) is 25.3 Å². The lowest BCUT2D eigenvalue weighted by atomic mass is 10.1. The molecule has 0 fully saturated rings. The van der Waals surface area contributed by atoms with Crippen LogP contribution in [0.1, 0.15) is 23.6 Å². The largest absolute Gasteiger partial charge is 0.384 e. The molecule has 0 saturated heterocycles. The standard InChI is InChI=1S/C20H25N5O2S/c1-14(25-28-13-16-5-3-2-4-6-16)20(27)24-12-18(26)23-11-15-7-9-17(10-8-15)19(21)22/h2-10,14,25H,11-13H2,1H3,(H3,21,22)(H,23,26)(H,24,27). The maximum Gasteiger partial charge on any atom is 0.239 e. The first-order valence-corrected chi connectivity index (χ1v) is 9.83. The normalized spacial score (nSPS) is 11.5. The number of nitrogens with two attached hydrogens (primary N) is 1. The van der Waals surface area contributed by atoms with Crippen molar-refractivity contribution in [3.63, 3.8) is 0 Å². The molecule has 0 heterocycles. The van der Waals surface area contributed by atoms with E-state index in [1.165, 1.54) is 17.5 Å². The van der Waals surface area contributed by atoms with E-state index in [0.29, 0.717) is 12.1 Å². The fourth-order valence-corrected chi connectivity index (χ4v) is 3.06. The van der Waals surface area contributed by atoms with E-state index >= 15 is 0 Å². The van der Waals surface area contributed by atoms with Crippen LogP contribution in [0.4, 0.5) is 0 Å². The summed E-state index contributed by atoms with van der Waals surface area (Å²) in [5.41, 5.74) is 8.09. The Bertz CT molecular complexity index is 796. The van der Waals surface area contributed by atoms with Gasteiger partial charge in [0, 0.05) is 17.9 Å². The lowest BCUT2D eigenvalue weighted by molar-refractivity contribution is -0.126. The molecule has 2 rings (SSSR count). The van der Waals surface area contributed by atoms with Gasteiger partial charge in [-0.25, -0.2) is 0 Å². The Morgan fingerprint density at radius 3 is 2.36 bits per heavy atom. The number of amidine groups is 1. The van der Waals surface area contributed by atoms with Crippen molar-refractivity contribution in [3.05, 3.63) is 71.3 Å². The summed E-state index contributed by atoms with van der Waals surface area (Å²) in [6.45, 7) is 2.01. The van der Waals surface area contributed by atoms with E-state index in [9.17, 15) is 9.59 Å². The number of nitrogen functional groups attached to an aromatic ring is 1. The second kappa shape index (κ2) is 11.1. The predicted molar refractivity (Wildman–Crippen MR) is 113 cm³/mol. The van der Waals surface area contributed by atoms with E-state index in [2.05, 4.69) is 15.4 Å². The molecule has 6 N–H and O–H groups in total. The molecule has 1 atom stereocenters. The fourth-order valence-electron chi connectivity index (χ4n) is 2.26. The van der Waals surface area contributed by atoms with E-state index < -0.39 is 6.04 Å². The number of hydrogen-bond acceptors (Lipinski definition) is 5. The highest BCUT2D eigenvalue weighted by Gasteiger charge is 2.13. The van der Waals surface area contributed by atoms with Gasteiger partial charge in [-0.15, -0.1) is 0 Å². The molecule has 0 radical (unpaired) electrons. The molecule has 0 aliphatic carbocycles. The molecule has 148 valence electrons. The Kier molecular flexibility index (Phi) is 8.51. The summed E-state index contributed by atoms with van der Waals surface area (Å²) in [4.78, 5) is 24.0. The van der Waals surface area contributed by atoms with Gasteiger partial charge in [-0.1, -0.05) is 66.5 Å². The van der Waals surface area contributed by atoms with Crippen LogP contribution in [0.2, 0.25) is 0 Å². The van der Waals surface area contributed by atoms with Gasteiger partial charge in [0.05, 0.1) is 12.6 Å². The Morgan fingerprint density at radius 1 is 1.04 bits per heavy atom. The van der Waals surface area contributed by atoms with Gasteiger partial charge in [-0.05, 0) is 18.1 Å². The molecule has 2 aromatic rings. The third kappa shape index (κ3) is 7.42. The predicted octanol–water partition coefficient (Wildman–Crippen LogP) is 1.53. The molecule has 0 saturated carbocycles. The third-order valence-corrected chi connectivity index (χ3v) is 4.91. The van der Waals surface area contributed by atoms with Gasteiger partial charge in [0.15, 0.2) is 0 Å². The zero-order chi connectivity index (χ0) is 20.4. The van der Waals surface area contributed by atoms with Gasteiger partial charge in [0.2, 0.25) is 11.8 Å². The van der Waals surface area contributed by atoms with Crippen molar-refractivity contribution in [2.75, 3.05) is 6.54 Å². The van der Waals surface area contributed by atoms with Crippen molar-refractivity contribution in [3.8, 4) is 0 Å². The number of rotatable bonds is 10. The Morgan fingerprint density at radius 2 is 1.71 bits per heavy atom. The van der Waals surface area contributed by atoms with E-state index in [1.54, 1.807) is 31.2 Å². The summed E-state index contributed by atoms with van der Waals surface area (Å²) in [6.07, 6.45) is 0. The lowest BCUT2D eigenvalue weighted by Gasteiger charge is -2.13. The van der Waals surface area contributed by atoms with Gasteiger partial charge >= 0.3 is 0 Å². The molecule has 2 aromatic carbocycles. The molecule has 0 aromatic heterocycles. The summed E-state index contributed by atoms with van der Waals surface area (Å²) >= 11 is 1.45. The summed E-state index contributed by atoms with van der Waals surface area (Å²) in [6, 6.07) is 16.6. The highest BCUT2D eigenvalue weighted by Crippen LogP contribution is 2.09. The maximum absolute atomic E-state index is 12.1. The van der Waals surface area contributed by atoms with Crippen LogP contribution in [0.5, 0.6) is 0 Å². The molecular formula is C20H25N5O2S. The molecule has 1 unspecified atom stereocenters. The topological polar surface area (TPSA) is 120 Å². The van der Waals surface area contributed by atoms with E-state index in [0.717, 1.165) is 11.3 Å². The Labute approximate surface area is 169 Å². The van der Waals surface area contributed by atoms with E-state index in [1.807, 2.05) is 30.3 Å². The second-order valence-corrected chi connectivity index (χ2v) is 7.03. The van der Waals surface area contributed by atoms with Crippen molar-refractivity contribution in [1.29, 1.82) is 5.41 Å². The number of carbonyl (C=O) groups excluding carboxylic acids is 2. The van der Waals surface area contributed by atoms with Gasteiger partial charge < -0.3 is 16.4 Å². The van der Waals surface area contributed by atoms with Crippen molar-refractivity contribution in [2.24, 2.45) is 5.73 Å². The van der Waals surface area contributed by atoms with Crippen LogP contribution < -0.4 is 21.1 Å². The number of amides is 2. The molecule has 28 heavy (non-hydrogen) atoms. The molecule has 2 amide bonds. The van der Waals surface area contributed by atoms with Gasteiger partial charge in [-0.2, -0.15) is 0 Å². The lowest BCUT2D eigenvalue weighted by Crippen LogP contribution is -2.44. The number of hydrogen-bond donors (Lipinski definition) is 5. The molecule has 7 nitrogen and oxygen atoms in total. The quantitative estimate of drug-likeness (QED) is 0.236. The van der Waals surface area contributed by atoms with Crippen LogP contribution in [0.15, 0.2) is 54.6 Å². The van der Waals surface area contributed by atoms with Crippen LogP contribution >= 0.6 is 11.9 Å². The summed E-state index contributed by atoms with van der Waals surface area (Å²) in [5, 5.41) is 12.7. The van der Waals surface area contributed by atoms with Crippen molar-refractivity contribution >= 4 is 29.6 Å². The van der Waals surface area contributed by atoms with Gasteiger partial charge in [0.25, 0.3) is 0 Å². The second-order valence-electron chi connectivity index (χ2n) is 6.22. The summed E-state index contributed by atoms with van der Waals surface area (Å²) < 4.78 is 3.07. The minimum absolute atomic E-state index is 0.00274. The van der Waals surface area contributed by atoms with Gasteiger partial charge in [-0.3, -0.25) is 19.7 Å². The maximum atomic E-state index is 12.1. The molecule has 0 aliphatic rings. The molecule has 0 bridgehead atoms. The SMILES string of the molecule is CC(NSCc1ccccc1)C(=O)NCC(=O)NCc1ccc(C(=N)N)cc1. The van der Waals surface area contributed by atoms with Crippen LogP contribution in [-0.2, 0) is 21.9 Å². The molecular weight excluding hydrogens is 374 g/mol. The average Bonchev–Trinajstić information content (AvgIpc) is 2.71. The van der Waals surface area contributed by atoms with Crippen LogP contribution in [0.25, 0.3) is 0 Å². The van der Waals surface area contributed by atoms with Crippen molar-refractivity contribution in [1.82, 2.24) is 15.4 Å². The van der Waals surface area contributed by atoms with Crippen LogP contribution in [-0.4, -0.2) is 30.2 Å². The zero-order valence-electron chi connectivity index (χ0n) is 15.7. The van der Waals surface area contributed by atoms with E-state index in [4.69, 9.17) is 11.1 Å². The minimum Gasteiger partial charge on any atom is -0.384 e. The third-order valence-electron chi connectivity index (χ3n) is 3.91. The minimum atomic E-state index is -0.416. The molecule has 8 heteroatoms. The Hall–Kier alpha value is -2.84. The Balaban J connectivity index is 1.64. The molecule has 0 spiro atoms. The number of benzene rings is 2. The average molecular weight is 400 g/mol. The van der Waals surface area contributed by atoms with Crippen LogP contribution in [0.3, 0.4) is 0 Å². The zero-order valence-corrected chi connectivity index (χ0v) is 16.5. The van der Waals surface area contributed by atoms with Crippen molar-refractivity contribution < 1.29 is 9.59 Å². The smallest absolute Gasteiger partial charge is 0.239 e. The monoisotopic (exact) mass is 399 g/mol. The van der Waals surface area contributed by atoms with Gasteiger partial charge in [0.1, 0.15) is 5.84 Å². The first-order valence-electron chi connectivity index (χ1n) is 8.84. The molecule has 0 aliphatic heterocycles. The summed E-state index contributed by atoms with van der Waals surface area (Å²) in [5.74, 6) is 0.249. The highest BCUT2D eigenvalue weighted by atomic mass is 32.2. The fraction of sp³-hybridized carbons (Fsp3) is 0.250. The first-order chi connectivity index (χ1) is 13.5. The highest BCUT2D eigenvalue weighted by molar-refractivity contribution is 7.96. The van der Waals surface area contributed by atoms with E-state index in [-0.39, 0.29) is 24.2 Å².